The molecule has 0 heterocycles. The molecule has 96 valence electrons. The fourth-order valence-electron chi connectivity index (χ4n) is 1.92. The van der Waals surface area contributed by atoms with E-state index in [-0.39, 0.29) is 6.04 Å². The second kappa shape index (κ2) is 5.37. The van der Waals surface area contributed by atoms with Gasteiger partial charge < -0.3 is 5.32 Å². The van der Waals surface area contributed by atoms with Crippen LogP contribution in [-0.4, -0.2) is 37.2 Å². The molecule has 7 heteroatoms. The average Bonchev–Trinajstić information content (AvgIpc) is 2.13. The maximum atomic E-state index is 13.1. The van der Waals surface area contributed by atoms with Crippen molar-refractivity contribution < 1.29 is 21.8 Å². The molecule has 0 aromatic heterocycles. The summed E-state index contributed by atoms with van der Waals surface area (Å²) in [7, 11) is -4.62. The predicted octanol–water partition coefficient (Wildman–Crippen LogP) is 1.43. The Hall–Kier alpha value is -0.270. The van der Waals surface area contributed by atoms with Crippen molar-refractivity contribution in [2.45, 2.75) is 44.1 Å². The van der Waals surface area contributed by atoms with Crippen molar-refractivity contribution in [3.8, 4) is 0 Å². The van der Waals surface area contributed by atoms with Crippen molar-refractivity contribution in [3.05, 3.63) is 0 Å². The molecule has 1 aliphatic carbocycles. The van der Waals surface area contributed by atoms with Gasteiger partial charge in [-0.05, 0) is 12.8 Å². The summed E-state index contributed by atoms with van der Waals surface area (Å²) in [5, 5.41) is 2.66. The largest absolute Gasteiger partial charge is 0.308 e. The van der Waals surface area contributed by atoms with Crippen LogP contribution in [0.3, 0.4) is 0 Å². The van der Waals surface area contributed by atoms with Gasteiger partial charge in [0.2, 0.25) is 0 Å². The quantitative estimate of drug-likeness (QED) is 0.731. The average molecular weight is 257 g/mol. The summed E-state index contributed by atoms with van der Waals surface area (Å²) in [6.45, 7) is -0.697. The van der Waals surface area contributed by atoms with Crippen molar-refractivity contribution in [1.82, 2.24) is 5.32 Å². The molecule has 0 spiro atoms. The SMILES string of the molecule is O=S(=O)(O)CC(F)(F)CNC1CCCCC1. The Morgan fingerprint density at radius 1 is 1.25 bits per heavy atom. The lowest BCUT2D eigenvalue weighted by atomic mass is 9.95. The lowest BCUT2D eigenvalue weighted by Gasteiger charge is -2.25. The molecule has 1 saturated carbocycles. The van der Waals surface area contributed by atoms with Gasteiger partial charge in [-0.2, -0.15) is 8.42 Å². The Balaban J connectivity index is 2.34. The molecule has 0 aromatic rings. The first-order valence-electron chi connectivity index (χ1n) is 5.35. The third kappa shape index (κ3) is 5.72. The minimum absolute atomic E-state index is 0.0426. The van der Waals surface area contributed by atoms with Crippen LogP contribution in [0.15, 0.2) is 0 Å². The zero-order valence-electron chi connectivity index (χ0n) is 8.95. The molecule has 1 aliphatic rings. The van der Waals surface area contributed by atoms with Crippen LogP contribution in [0.25, 0.3) is 0 Å². The molecule has 0 amide bonds. The third-order valence-corrected chi connectivity index (χ3v) is 3.44. The maximum Gasteiger partial charge on any atom is 0.276 e. The fraction of sp³-hybridized carbons (Fsp3) is 1.00. The van der Waals surface area contributed by atoms with E-state index in [0.717, 1.165) is 32.1 Å². The van der Waals surface area contributed by atoms with Crippen LogP contribution >= 0.6 is 0 Å². The first-order valence-corrected chi connectivity index (χ1v) is 6.96. The second-order valence-electron chi connectivity index (χ2n) is 4.30. The van der Waals surface area contributed by atoms with Gasteiger partial charge in [0.05, 0.1) is 6.54 Å². The zero-order chi connectivity index (χ0) is 12.2. The zero-order valence-corrected chi connectivity index (χ0v) is 9.77. The Kier molecular flexibility index (Phi) is 4.63. The molecule has 0 aromatic carbocycles. The number of rotatable bonds is 5. The summed E-state index contributed by atoms with van der Waals surface area (Å²) in [5.74, 6) is -4.93. The second-order valence-corrected chi connectivity index (χ2v) is 5.75. The van der Waals surface area contributed by atoms with Crippen LogP contribution in [0.4, 0.5) is 8.78 Å². The Labute approximate surface area is 94.2 Å². The summed E-state index contributed by atoms with van der Waals surface area (Å²) >= 11 is 0. The van der Waals surface area contributed by atoms with E-state index in [0.29, 0.717) is 0 Å². The summed E-state index contributed by atoms with van der Waals surface area (Å²) in [5.41, 5.74) is 0. The van der Waals surface area contributed by atoms with E-state index in [2.05, 4.69) is 5.32 Å². The van der Waals surface area contributed by atoms with Crippen LogP contribution in [-0.2, 0) is 10.1 Å². The summed E-state index contributed by atoms with van der Waals surface area (Å²) < 4.78 is 55.2. The van der Waals surface area contributed by atoms with E-state index in [1.807, 2.05) is 0 Å². The molecule has 1 rings (SSSR count). The molecule has 16 heavy (non-hydrogen) atoms. The number of nitrogens with one attached hydrogen (secondary N) is 1. The number of alkyl halides is 2. The van der Waals surface area contributed by atoms with Crippen LogP contribution in [0, 0.1) is 0 Å². The molecule has 0 radical (unpaired) electrons. The molecule has 0 atom stereocenters. The first-order chi connectivity index (χ1) is 7.29. The molecule has 0 unspecified atom stereocenters. The van der Waals surface area contributed by atoms with Crippen LogP contribution in [0.5, 0.6) is 0 Å². The van der Waals surface area contributed by atoms with E-state index in [4.69, 9.17) is 4.55 Å². The predicted molar refractivity (Wildman–Crippen MR) is 56.2 cm³/mol. The van der Waals surface area contributed by atoms with Gasteiger partial charge in [0.25, 0.3) is 16.0 Å². The molecule has 0 saturated heterocycles. The molecule has 0 bridgehead atoms. The van der Waals surface area contributed by atoms with E-state index in [1.165, 1.54) is 0 Å². The lowest BCUT2D eigenvalue weighted by Crippen LogP contribution is -2.43. The van der Waals surface area contributed by atoms with Gasteiger partial charge in [0.1, 0.15) is 5.75 Å². The van der Waals surface area contributed by atoms with Gasteiger partial charge >= 0.3 is 0 Å². The first kappa shape index (κ1) is 13.8. The lowest BCUT2D eigenvalue weighted by molar-refractivity contribution is 0.0208. The summed E-state index contributed by atoms with van der Waals surface area (Å²) in [6.07, 6.45) is 4.85. The summed E-state index contributed by atoms with van der Waals surface area (Å²) in [6, 6.07) is 0.0426. The van der Waals surface area contributed by atoms with Crippen molar-refractivity contribution in [1.29, 1.82) is 0 Å². The molecular formula is C9H17F2NO3S. The van der Waals surface area contributed by atoms with Crippen molar-refractivity contribution in [2.24, 2.45) is 0 Å². The molecule has 0 aliphatic heterocycles. The van der Waals surface area contributed by atoms with E-state index in [9.17, 15) is 17.2 Å². The molecule has 2 N–H and O–H groups in total. The third-order valence-electron chi connectivity index (χ3n) is 2.65. The van der Waals surface area contributed by atoms with Crippen molar-refractivity contribution >= 4 is 10.1 Å². The Morgan fingerprint density at radius 2 is 1.81 bits per heavy atom. The molecular weight excluding hydrogens is 240 g/mol. The normalized spacial score (nSPS) is 19.9. The van der Waals surface area contributed by atoms with Crippen LogP contribution in [0.1, 0.15) is 32.1 Å². The number of hydrogen-bond acceptors (Lipinski definition) is 3. The molecule has 4 nitrogen and oxygen atoms in total. The van der Waals surface area contributed by atoms with E-state index >= 15 is 0 Å². The summed E-state index contributed by atoms with van der Waals surface area (Å²) in [4.78, 5) is 0. The van der Waals surface area contributed by atoms with E-state index in [1.54, 1.807) is 0 Å². The van der Waals surface area contributed by atoms with Crippen LogP contribution < -0.4 is 5.32 Å². The standard InChI is InChI=1S/C9H17F2NO3S/c10-9(11,7-16(13,14)15)6-12-8-4-2-1-3-5-8/h8,12H,1-7H2,(H,13,14,15). The van der Waals surface area contributed by atoms with Gasteiger partial charge in [-0.1, -0.05) is 19.3 Å². The Morgan fingerprint density at radius 3 is 2.31 bits per heavy atom. The minimum Gasteiger partial charge on any atom is -0.308 e. The maximum absolute atomic E-state index is 13.1. The number of hydrogen-bond donors (Lipinski definition) is 2. The van der Waals surface area contributed by atoms with Crippen LogP contribution in [0.2, 0.25) is 0 Å². The number of halogens is 2. The van der Waals surface area contributed by atoms with Crippen molar-refractivity contribution in [2.75, 3.05) is 12.3 Å². The van der Waals surface area contributed by atoms with E-state index < -0.39 is 28.3 Å². The minimum atomic E-state index is -4.62. The fourth-order valence-corrected chi connectivity index (χ4v) is 2.55. The van der Waals surface area contributed by atoms with Gasteiger partial charge in [-0.15, -0.1) is 0 Å². The topological polar surface area (TPSA) is 66.4 Å². The smallest absolute Gasteiger partial charge is 0.276 e. The molecule has 1 fully saturated rings. The highest BCUT2D eigenvalue weighted by Crippen LogP contribution is 2.20. The van der Waals surface area contributed by atoms with Gasteiger partial charge in [0, 0.05) is 6.04 Å². The van der Waals surface area contributed by atoms with Gasteiger partial charge in [-0.25, -0.2) is 8.78 Å². The van der Waals surface area contributed by atoms with Gasteiger partial charge in [0.15, 0.2) is 0 Å². The Bertz CT molecular complexity index is 313. The van der Waals surface area contributed by atoms with Crippen molar-refractivity contribution in [3.63, 3.8) is 0 Å². The highest BCUT2D eigenvalue weighted by molar-refractivity contribution is 7.85. The monoisotopic (exact) mass is 257 g/mol. The van der Waals surface area contributed by atoms with Gasteiger partial charge in [-0.3, -0.25) is 4.55 Å². The highest BCUT2D eigenvalue weighted by atomic mass is 32.2. The highest BCUT2D eigenvalue weighted by Gasteiger charge is 2.35.